The Hall–Kier alpha value is -2.68. The van der Waals surface area contributed by atoms with Crippen LogP contribution in [0.25, 0.3) is 0 Å². The number of nitriles is 1. The molecule has 1 aliphatic carbocycles. The van der Waals surface area contributed by atoms with Crippen LogP contribution in [0.1, 0.15) is 28.8 Å². The van der Waals surface area contributed by atoms with Crippen LogP contribution in [0.5, 0.6) is 0 Å². The molecule has 2 N–H and O–H groups in total. The molecular formula is C14H11FN4O. The van der Waals surface area contributed by atoms with Crippen LogP contribution < -0.4 is 5.73 Å². The molecule has 0 bridgehead atoms. The molecule has 1 aromatic carbocycles. The summed E-state index contributed by atoms with van der Waals surface area (Å²) in [6.45, 7) is 0. The van der Waals surface area contributed by atoms with Gasteiger partial charge in [0.25, 0.3) is 5.91 Å². The topological polar surface area (TPSA) is 84.7 Å². The fourth-order valence-electron chi connectivity index (χ4n) is 2.38. The Morgan fingerprint density at radius 2 is 2.15 bits per heavy atom. The van der Waals surface area contributed by atoms with Crippen molar-refractivity contribution in [3.8, 4) is 6.07 Å². The van der Waals surface area contributed by atoms with E-state index < -0.39 is 11.2 Å². The van der Waals surface area contributed by atoms with Crippen molar-refractivity contribution in [2.45, 2.75) is 18.3 Å². The lowest BCUT2D eigenvalue weighted by molar-refractivity contribution is 0.0847. The van der Waals surface area contributed by atoms with E-state index >= 15 is 0 Å². The minimum atomic E-state index is -0.905. The Kier molecular flexibility index (Phi) is 2.57. The summed E-state index contributed by atoms with van der Waals surface area (Å²) >= 11 is 0. The molecular weight excluding hydrogens is 259 g/mol. The lowest BCUT2D eigenvalue weighted by Crippen LogP contribution is -2.29. The number of benzene rings is 1. The average molecular weight is 270 g/mol. The predicted octanol–water partition coefficient (Wildman–Crippen LogP) is 1.85. The van der Waals surface area contributed by atoms with E-state index in [1.54, 1.807) is 18.2 Å². The molecule has 3 rings (SSSR count). The van der Waals surface area contributed by atoms with Gasteiger partial charge in [-0.3, -0.25) is 4.79 Å². The number of carbonyl (C=O) groups excluding carboxylic acids is 1. The molecule has 0 unspecified atom stereocenters. The van der Waals surface area contributed by atoms with Crippen LogP contribution in [0.3, 0.4) is 0 Å². The molecule has 0 atom stereocenters. The van der Waals surface area contributed by atoms with Crippen LogP contribution in [0.15, 0.2) is 30.5 Å². The van der Waals surface area contributed by atoms with Gasteiger partial charge in [-0.25, -0.2) is 4.39 Å². The standard InChI is InChI=1S/C14H11FN4O/c15-11-4-2-1-3-10(11)14(5-6-14)13(20)19-12(17)9(7-16)8-18-19/h1-4,8H,5-6,17H2. The number of carbonyl (C=O) groups is 1. The van der Waals surface area contributed by atoms with Crippen molar-refractivity contribution < 1.29 is 9.18 Å². The van der Waals surface area contributed by atoms with E-state index in [2.05, 4.69) is 5.10 Å². The molecule has 100 valence electrons. The minimum absolute atomic E-state index is 0.000106. The van der Waals surface area contributed by atoms with E-state index in [0.29, 0.717) is 18.4 Å². The van der Waals surface area contributed by atoms with Crippen molar-refractivity contribution in [1.82, 2.24) is 9.78 Å². The first-order valence-corrected chi connectivity index (χ1v) is 6.13. The van der Waals surface area contributed by atoms with E-state index in [0.717, 1.165) is 4.68 Å². The molecule has 0 saturated heterocycles. The summed E-state index contributed by atoms with van der Waals surface area (Å²) in [5.74, 6) is -0.800. The molecule has 0 aliphatic heterocycles. The number of rotatable bonds is 2. The Balaban J connectivity index is 2.05. The number of nitrogen functional groups attached to an aromatic ring is 1. The third-order valence-electron chi connectivity index (χ3n) is 3.67. The summed E-state index contributed by atoms with van der Waals surface area (Å²) in [6, 6.07) is 8.06. The number of anilines is 1. The molecule has 6 heteroatoms. The van der Waals surface area contributed by atoms with Gasteiger partial charge in [0.15, 0.2) is 0 Å². The molecule has 1 heterocycles. The van der Waals surface area contributed by atoms with Gasteiger partial charge in [-0.05, 0) is 18.9 Å². The van der Waals surface area contributed by atoms with E-state index in [1.165, 1.54) is 12.3 Å². The molecule has 20 heavy (non-hydrogen) atoms. The maximum absolute atomic E-state index is 13.9. The number of halogens is 1. The van der Waals surface area contributed by atoms with Crippen molar-refractivity contribution >= 4 is 11.7 Å². The number of hydrogen-bond acceptors (Lipinski definition) is 4. The van der Waals surface area contributed by atoms with Gasteiger partial charge in [-0.15, -0.1) is 0 Å². The summed E-state index contributed by atoms with van der Waals surface area (Å²) in [6.07, 6.45) is 2.34. The fourth-order valence-corrected chi connectivity index (χ4v) is 2.38. The maximum Gasteiger partial charge on any atom is 0.259 e. The highest BCUT2D eigenvalue weighted by Crippen LogP contribution is 2.50. The molecule has 0 spiro atoms. The van der Waals surface area contributed by atoms with Gasteiger partial charge in [0.2, 0.25) is 0 Å². The van der Waals surface area contributed by atoms with Crippen LogP contribution in [0.4, 0.5) is 10.2 Å². The van der Waals surface area contributed by atoms with Crippen molar-refractivity contribution in [2.24, 2.45) is 0 Å². The van der Waals surface area contributed by atoms with E-state index in [-0.39, 0.29) is 17.3 Å². The molecule has 1 saturated carbocycles. The number of nitrogens with two attached hydrogens (primary N) is 1. The normalized spacial score (nSPS) is 15.6. The Morgan fingerprint density at radius 1 is 1.45 bits per heavy atom. The van der Waals surface area contributed by atoms with Gasteiger partial charge in [0.05, 0.1) is 11.6 Å². The fraction of sp³-hybridized carbons (Fsp3) is 0.214. The van der Waals surface area contributed by atoms with Crippen LogP contribution in [-0.2, 0) is 5.41 Å². The quantitative estimate of drug-likeness (QED) is 0.902. The number of hydrogen-bond donors (Lipinski definition) is 1. The van der Waals surface area contributed by atoms with Crippen LogP contribution in [0, 0.1) is 17.1 Å². The summed E-state index contributed by atoms with van der Waals surface area (Å²) < 4.78 is 14.9. The first-order chi connectivity index (χ1) is 9.60. The molecule has 2 aromatic rings. The Labute approximate surface area is 114 Å². The molecule has 1 aromatic heterocycles. The third-order valence-corrected chi connectivity index (χ3v) is 3.67. The van der Waals surface area contributed by atoms with Crippen molar-refractivity contribution in [2.75, 3.05) is 5.73 Å². The summed E-state index contributed by atoms with van der Waals surface area (Å²) in [7, 11) is 0. The highest BCUT2D eigenvalue weighted by molar-refractivity contribution is 5.94. The highest BCUT2D eigenvalue weighted by atomic mass is 19.1. The smallest absolute Gasteiger partial charge is 0.259 e. The van der Waals surface area contributed by atoms with E-state index in [4.69, 9.17) is 11.0 Å². The zero-order valence-electron chi connectivity index (χ0n) is 10.5. The highest BCUT2D eigenvalue weighted by Gasteiger charge is 2.54. The summed E-state index contributed by atoms with van der Waals surface area (Å²) in [5.41, 5.74) is 5.32. The Bertz CT molecular complexity index is 740. The van der Waals surface area contributed by atoms with Crippen LogP contribution >= 0.6 is 0 Å². The van der Waals surface area contributed by atoms with Gasteiger partial charge in [-0.2, -0.15) is 15.0 Å². The first-order valence-electron chi connectivity index (χ1n) is 6.13. The predicted molar refractivity (Wildman–Crippen MR) is 69.3 cm³/mol. The summed E-state index contributed by atoms with van der Waals surface area (Å²) in [5, 5.41) is 12.7. The molecule has 1 aliphatic rings. The molecule has 0 amide bonds. The van der Waals surface area contributed by atoms with Crippen LogP contribution in [-0.4, -0.2) is 15.7 Å². The van der Waals surface area contributed by atoms with Gasteiger partial charge in [0.1, 0.15) is 23.3 Å². The van der Waals surface area contributed by atoms with Crippen LogP contribution in [0.2, 0.25) is 0 Å². The molecule has 1 fully saturated rings. The van der Waals surface area contributed by atoms with Gasteiger partial charge < -0.3 is 5.73 Å². The van der Waals surface area contributed by atoms with E-state index in [9.17, 15) is 9.18 Å². The first kappa shape index (κ1) is 12.4. The second kappa shape index (κ2) is 4.17. The van der Waals surface area contributed by atoms with E-state index in [1.807, 2.05) is 6.07 Å². The zero-order valence-corrected chi connectivity index (χ0v) is 10.5. The lowest BCUT2D eigenvalue weighted by Gasteiger charge is -2.15. The largest absolute Gasteiger partial charge is 0.382 e. The zero-order chi connectivity index (χ0) is 14.3. The third kappa shape index (κ3) is 1.60. The average Bonchev–Trinajstić information content (AvgIpc) is 3.17. The van der Waals surface area contributed by atoms with Gasteiger partial charge in [0, 0.05) is 5.56 Å². The second-order valence-electron chi connectivity index (χ2n) is 4.83. The summed E-state index contributed by atoms with van der Waals surface area (Å²) in [4.78, 5) is 12.6. The number of aromatic nitrogens is 2. The molecule has 0 radical (unpaired) electrons. The Morgan fingerprint density at radius 3 is 2.70 bits per heavy atom. The van der Waals surface area contributed by atoms with Crippen molar-refractivity contribution in [3.63, 3.8) is 0 Å². The van der Waals surface area contributed by atoms with Crippen molar-refractivity contribution in [1.29, 1.82) is 5.26 Å². The SMILES string of the molecule is N#Cc1cnn(C(=O)C2(c3ccccc3F)CC2)c1N. The molecule has 5 nitrogen and oxygen atoms in total. The van der Waals surface area contributed by atoms with Gasteiger partial charge >= 0.3 is 0 Å². The lowest BCUT2D eigenvalue weighted by atomic mass is 9.94. The second-order valence-corrected chi connectivity index (χ2v) is 4.83. The monoisotopic (exact) mass is 270 g/mol. The number of nitrogens with zero attached hydrogens (tertiary/aromatic N) is 3. The van der Waals surface area contributed by atoms with Crippen molar-refractivity contribution in [3.05, 3.63) is 47.4 Å². The maximum atomic E-state index is 13.9. The minimum Gasteiger partial charge on any atom is -0.382 e. The van der Waals surface area contributed by atoms with Gasteiger partial charge in [-0.1, -0.05) is 18.2 Å².